The van der Waals surface area contributed by atoms with Crippen molar-refractivity contribution in [1.82, 2.24) is 0 Å². The molecular formula is C19H18. The van der Waals surface area contributed by atoms with Crippen molar-refractivity contribution in [3.8, 4) is 11.1 Å². The maximum Gasteiger partial charge on any atom is -0.00545 e. The van der Waals surface area contributed by atoms with Crippen molar-refractivity contribution >= 4 is 6.08 Å². The molecule has 3 rings (SSSR count). The molecule has 19 heavy (non-hydrogen) atoms. The van der Waals surface area contributed by atoms with E-state index in [0.717, 1.165) is 12.8 Å². The predicted octanol–water partition coefficient (Wildman–Crippen LogP) is 5.26. The molecule has 0 atom stereocenters. The van der Waals surface area contributed by atoms with Crippen LogP contribution in [-0.2, 0) is 6.42 Å². The van der Waals surface area contributed by atoms with E-state index in [-0.39, 0.29) is 0 Å². The lowest BCUT2D eigenvalue weighted by molar-refractivity contribution is 1.11. The van der Waals surface area contributed by atoms with E-state index in [4.69, 9.17) is 0 Å². The Morgan fingerprint density at radius 3 is 2.63 bits per heavy atom. The second-order valence-corrected chi connectivity index (χ2v) is 5.00. The topological polar surface area (TPSA) is 0 Å². The van der Waals surface area contributed by atoms with E-state index in [1.165, 1.54) is 27.8 Å². The zero-order valence-corrected chi connectivity index (χ0v) is 11.3. The van der Waals surface area contributed by atoms with Gasteiger partial charge in [-0.1, -0.05) is 72.3 Å². The summed E-state index contributed by atoms with van der Waals surface area (Å²) >= 11 is 0. The molecule has 0 N–H and O–H groups in total. The van der Waals surface area contributed by atoms with Crippen LogP contribution in [-0.4, -0.2) is 0 Å². The van der Waals surface area contributed by atoms with Crippen LogP contribution in [0.3, 0.4) is 0 Å². The number of allylic oxidation sites excluding steroid dienone is 3. The fraction of sp³-hybridized carbons (Fsp3) is 0.158. The first-order valence-corrected chi connectivity index (χ1v) is 6.86. The number of benzene rings is 2. The van der Waals surface area contributed by atoms with Crippen LogP contribution in [0.15, 0.2) is 66.3 Å². The molecule has 0 heteroatoms. The van der Waals surface area contributed by atoms with Crippen molar-refractivity contribution in [2.24, 2.45) is 0 Å². The summed E-state index contributed by atoms with van der Waals surface area (Å²) in [5.41, 5.74) is 7.04. The average molecular weight is 246 g/mol. The Balaban J connectivity index is 2.02. The highest BCUT2D eigenvalue weighted by Crippen LogP contribution is 2.34. The molecule has 0 amide bonds. The van der Waals surface area contributed by atoms with Crippen molar-refractivity contribution in [3.63, 3.8) is 0 Å². The highest BCUT2D eigenvalue weighted by Gasteiger charge is 2.15. The third-order valence-corrected chi connectivity index (χ3v) is 3.66. The summed E-state index contributed by atoms with van der Waals surface area (Å²) < 4.78 is 0. The van der Waals surface area contributed by atoms with Gasteiger partial charge in [-0.25, -0.2) is 0 Å². The quantitative estimate of drug-likeness (QED) is 0.648. The number of fused-ring (bicyclic) bond motifs is 1. The maximum absolute atomic E-state index is 2.37. The first-order valence-electron chi connectivity index (χ1n) is 6.86. The van der Waals surface area contributed by atoms with E-state index < -0.39 is 0 Å². The SMILES string of the molecule is C/C=C/CC1=Cc2c(cccc2-c2ccccc2)C1. The molecule has 0 saturated heterocycles. The summed E-state index contributed by atoms with van der Waals surface area (Å²) in [4.78, 5) is 0. The third kappa shape index (κ3) is 2.39. The maximum atomic E-state index is 2.37. The highest BCUT2D eigenvalue weighted by molar-refractivity contribution is 5.80. The molecule has 0 saturated carbocycles. The van der Waals surface area contributed by atoms with Crippen LogP contribution in [0.4, 0.5) is 0 Å². The minimum Gasteiger partial charge on any atom is -0.0913 e. The van der Waals surface area contributed by atoms with Crippen LogP contribution < -0.4 is 0 Å². The molecule has 0 bridgehead atoms. The minimum atomic E-state index is 1.07. The summed E-state index contributed by atoms with van der Waals surface area (Å²) in [6, 6.07) is 17.3. The standard InChI is InChI=1S/C19H18/c1-2-3-8-15-13-17-11-7-12-18(19(17)14-15)16-9-5-4-6-10-16/h2-7,9-12,14H,8,13H2,1H3/b3-2+. The third-order valence-electron chi connectivity index (χ3n) is 3.66. The van der Waals surface area contributed by atoms with Gasteiger partial charge >= 0.3 is 0 Å². The molecule has 0 aromatic heterocycles. The molecular weight excluding hydrogens is 228 g/mol. The van der Waals surface area contributed by atoms with Crippen LogP contribution in [0.5, 0.6) is 0 Å². The van der Waals surface area contributed by atoms with Crippen LogP contribution in [0, 0.1) is 0 Å². The summed E-state index contributed by atoms with van der Waals surface area (Å²) in [7, 11) is 0. The Kier molecular flexibility index (Phi) is 3.33. The summed E-state index contributed by atoms with van der Waals surface area (Å²) in [6.45, 7) is 2.08. The normalized spacial score (nSPS) is 13.6. The summed E-state index contributed by atoms with van der Waals surface area (Å²) in [5.74, 6) is 0. The minimum absolute atomic E-state index is 1.07. The molecule has 2 aromatic rings. The van der Waals surface area contributed by atoms with Gasteiger partial charge in [0.25, 0.3) is 0 Å². The van der Waals surface area contributed by atoms with E-state index in [0.29, 0.717) is 0 Å². The van der Waals surface area contributed by atoms with E-state index in [9.17, 15) is 0 Å². The van der Waals surface area contributed by atoms with Gasteiger partial charge in [0.05, 0.1) is 0 Å². The van der Waals surface area contributed by atoms with Crippen LogP contribution in [0.25, 0.3) is 17.2 Å². The Labute approximate surface area is 115 Å². The fourth-order valence-electron chi connectivity index (χ4n) is 2.71. The second-order valence-electron chi connectivity index (χ2n) is 5.00. The molecule has 94 valence electrons. The van der Waals surface area contributed by atoms with Crippen molar-refractivity contribution in [2.45, 2.75) is 19.8 Å². The fourth-order valence-corrected chi connectivity index (χ4v) is 2.71. The number of rotatable bonds is 3. The lowest BCUT2D eigenvalue weighted by Gasteiger charge is -2.07. The second kappa shape index (κ2) is 5.27. The van der Waals surface area contributed by atoms with Gasteiger partial charge in [0.15, 0.2) is 0 Å². The molecule has 1 aliphatic rings. The van der Waals surface area contributed by atoms with Gasteiger partial charge in [-0.2, -0.15) is 0 Å². The zero-order valence-electron chi connectivity index (χ0n) is 11.3. The van der Waals surface area contributed by atoms with Gasteiger partial charge in [-0.15, -0.1) is 0 Å². The summed E-state index contributed by atoms with van der Waals surface area (Å²) in [6.07, 6.45) is 8.90. The van der Waals surface area contributed by atoms with Crippen molar-refractivity contribution in [3.05, 3.63) is 77.4 Å². The van der Waals surface area contributed by atoms with Crippen LogP contribution in [0.1, 0.15) is 24.5 Å². The molecule has 0 unspecified atom stereocenters. The molecule has 0 heterocycles. The molecule has 0 fully saturated rings. The Hall–Kier alpha value is -2.08. The first kappa shape index (κ1) is 12.0. The first-order chi connectivity index (χ1) is 9.38. The number of hydrogen-bond donors (Lipinski definition) is 0. The Bertz CT molecular complexity index is 630. The molecule has 0 aliphatic heterocycles. The molecule has 2 aromatic carbocycles. The predicted molar refractivity (Wildman–Crippen MR) is 83.0 cm³/mol. The lowest BCUT2D eigenvalue weighted by atomic mass is 9.97. The van der Waals surface area contributed by atoms with Gasteiger partial charge < -0.3 is 0 Å². The Morgan fingerprint density at radius 2 is 1.84 bits per heavy atom. The van der Waals surface area contributed by atoms with Crippen molar-refractivity contribution in [2.75, 3.05) is 0 Å². The van der Waals surface area contributed by atoms with Crippen molar-refractivity contribution < 1.29 is 0 Å². The highest BCUT2D eigenvalue weighted by atomic mass is 14.2. The molecule has 0 nitrogen and oxygen atoms in total. The smallest absolute Gasteiger partial charge is 0.00545 e. The van der Waals surface area contributed by atoms with Crippen LogP contribution >= 0.6 is 0 Å². The van der Waals surface area contributed by atoms with Gasteiger partial charge in [-0.3, -0.25) is 0 Å². The number of hydrogen-bond acceptors (Lipinski definition) is 0. The largest absolute Gasteiger partial charge is 0.0913 e. The Morgan fingerprint density at radius 1 is 1.00 bits per heavy atom. The molecule has 1 aliphatic carbocycles. The van der Waals surface area contributed by atoms with Gasteiger partial charge in [0.2, 0.25) is 0 Å². The summed E-state index contributed by atoms with van der Waals surface area (Å²) in [5, 5.41) is 0. The zero-order chi connectivity index (χ0) is 13.1. The monoisotopic (exact) mass is 246 g/mol. The lowest BCUT2D eigenvalue weighted by Crippen LogP contribution is -1.87. The average Bonchev–Trinajstić information content (AvgIpc) is 2.88. The molecule has 0 spiro atoms. The van der Waals surface area contributed by atoms with Crippen molar-refractivity contribution in [1.29, 1.82) is 0 Å². The van der Waals surface area contributed by atoms with E-state index in [1.807, 2.05) is 0 Å². The van der Waals surface area contributed by atoms with Gasteiger partial charge in [0.1, 0.15) is 0 Å². The van der Waals surface area contributed by atoms with E-state index in [1.54, 1.807) is 0 Å². The van der Waals surface area contributed by atoms with Crippen LogP contribution in [0.2, 0.25) is 0 Å². The van der Waals surface area contributed by atoms with Gasteiger partial charge in [-0.05, 0) is 42.0 Å². The molecule has 0 radical (unpaired) electrons. The van der Waals surface area contributed by atoms with Gasteiger partial charge in [0, 0.05) is 0 Å². The van der Waals surface area contributed by atoms with E-state index >= 15 is 0 Å². The van der Waals surface area contributed by atoms with E-state index in [2.05, 4.69) is 73.7 Å².